The molecule has 35 heavy (non-hydrogen) atoms. The third kappa shape index (κ3) is 4.85. The highest BCUT2D eigenvalue weighted by molar-refractivity contribution is 7.71. The molecule has 0 amide bonds. The number of fused-ring (bicyclic) bond motifs is 1. The Bertz CT molecular complexity index is 1610. The molecular formula is C26H18N4O4S. The fourth-order valence-corrected chi connectivity index (χ4v) is 3.75. The number of ether oxygens (including phenoxy) is 2. The first-order valence-corrected chi connectivity index (χ1v) is 11.1. The number of hydrogen-bond donors (Lipinski definition) is 1. The second kappa shape index (κ2) is 9.70. The molecule has 0 saturated heterocycles. The average molecular weight is 483 g/mol. The maximum absolute atomic E-state index is 12.7. The quantitative estimate of drug-likeness (QED) is 0.339. The molecule has 0 aliphatic carbocycles. The lowest BCUT2D eigenvalue weighted by molar-refractivity contribution is 0.0826. The van der Waals surface area contributed by atoms with Gasteiger partial charge in [0, 0.05) is 11.6 Å². The van der Waals surface area contributed by atoms with Crippen LogP contribution in [0.4, 0.5) is 0 Å². The molecule has 0 fully saturated rings. The monoisotopic (exact) mass is 482 g/mol. The van der Waals surface area contributed by atoms with Gasteiger partial charge in [-0.1, -0.05) is 30.3 Å². The minimum atomic E-state index is -0.609. The van der Waals surface area contributed by atoms with Crippen LogP contribution in [-0.2, 0) is 0 Å². The number of aromatic amines is 1. The van der Waals surface area contributed by atoms with Crippen LogP contribution >= 0.6 is 12.2 Å². The van der Waals surface area contributed by atoms with Crippen LogP contribution < -0.4 is 15.0 Å². The topological polar surface area (TPSA) is 99.1 Å². The van der Waals surface area contributed by atoms with Gasteiger partial charge in [-0.2, -0.15) is 0 Å². The summed E-state index contributed by atoms with van der Waals surface area (Å²) in [4.78, 5) is 28.2. The number of H-pyrrole nitrogens is 1. The van der Waals surface area contributed by atoms with E-state index in [4.69, 9.17) is 21.7 Å². The van der Waals surface area contributed by atoms with Gasteiger partial charge in [0.05, 0.1) is 16.6 Å². The third-order valence-electron chi connectivity index (χ3n) is 5.17. The van der Waals surface area contributed by atoms with Crippen LogP contribution in [0.5, 0.6) is 17.4 Å². The normalized spacial score (nSPS) is 10.7. The van der Waals surface area contributed by atoms with Gasteiger partial charge in [0.1, 0.15) is 11.5 Å². The van der Waals surface area contributed by atoms with E-state index in [1.807, 2.05) is 54.6 Å². The Balaban J connectivity index is 1.25. The van der Waals surface area contributed by atoms with Crippen molar-refractivity contribution in [3.05, 3.63) is 106 Å². The van der Waals surface area contributed by atoms with E-state index in [1.165, 1.54) is 0 Å². The first-order valence-electron chi connectivity index (χ1n) is 10.7. The summed E-state index contributed by atoms with van der Waals surface area (Å²) in [5.74, 6) is 0.994. The van der Waals surface area contributed by atoms with Crippen molar-refractivity contribution < 1.29 is 14.3 Å². The molecule has 0 bridgehead atoms. The number of rotatable bonds is 6. The number of nitrogens with zero attached hydrogens (tertiary/aromatic N) is 3. The van der Waals surface area contributed by atoms with Crippen LogP contribution in [0.1, 0.15) is 4.79 Å². The largest absolute Gasteiger partial charge is 0.466 e. The average Bonchev–Trinajstić information content (AvgIpc) is 2.89. The number of para-hydroxylation sites is 2. The predicted octanol–water partition coefficient (Wildman–Crippen LogP) is 5.03. The zero-order valence-electron chi connectivity index (χ0n) is 18.3. The lowest BCUT2D eigenvalue weighted by Gasteiger charge is -2.08. The molecule has 5 aromatic rings. The van der Waals surface area contributed by atoms with E-state index >= 15 is 0 Å². The van der Waals surface area contributed by atoms with Crippen LogP contribution in [0.15, 0.2) is 95.8 Å². The fraction of sp³-hybridized carbons (Fsp3) is 0.0385. The molecule has 0 saturated carbocycles. The van der Waals surface area contributed by atoms with E-state index in [0.717, 1.165) is 15.9 Å². The van der Waals surface area contributed by atoms with E-state index in [1.54, 1.807) is 36.4 Å². The van der Waals surface area contributed by atoms with Crippen molar-refractivity contribution in [2.75, 3.05) is 6.61 Å². The van der Waals surface area contributed by atoms with Crippen LogP contribution in [-0.4, -0.2) is 32.3 Å². The van der Waals surface area contributed by atoms with Gasteiger partial charge in [-0.3, -0.25) is 9.59 Å². The molecule has 2 heterocycles. The van der Waals surface area contributed by atoms with E-state index in [9.17, 15) is 9.59 Å². The highest BCUT2D eigenvalue weighted by Crippen LogP contribution is 2.25. The molecule has 172 valence electrons. The number of benzene rings is 3. The Morgan fingerprint density at radius 3 is 2.31 bits per heavy atom. The third-order valence-corrected chi connectivity index (χ3v) is 5.45. The summed E-state index contributed by atoms with van der Waals surface area (Å²) >= 11 is 5.19. The lowest BCUT2D eigenvalue weighted by atomic mass is 10.1. The number of hydrogen-bond acceptors (Lipinski definition) is 7. The number of aromatic nitrogens is 4. The van der Waals surface area contributed by atoms with Crippen molar-refractivity contribution in [3.8, 4) is 28.6 Å². The molecule has 9 heteroatoms. The summed E-state index contributed by atoms with van der Waals surface area (Å²) in [5, 5.41) is 8.56. The Hall–Kier alpha value is -4.63. The van der Waals surface area contributed by atoms with E-state index in [-0.39, 0.29) is 10.7 Å². The molecule has 8 nitrogen and oxygen atoms in total. The second-order valence-corrected chi connectivity index (χ2v) is 7.88. The first-order chi connectivity index (χ1) is 17.1. The van der Waals surface area contributed by atoms with Gasteiger partial charge < -0.3 is 14.5 Å². The molecule has 0 spiro atoms. The Morgan fingerprint density at radius 1 is 0.857 bits per heavy atom. The molecular weight excluding hydrogens is 464 g/mol. The van der Waals surface area contributed by atoms with E-state index in [0.29, 0.717) is 22.3 Å². The maximum Gasteiger partial charge on any atom is 0.273 e. The van der Waals surface area contributed by atoms with Gasteiger partial charge in [0.15, 0.2) is 11.4 Å². The number of carbonyl (C=O) groups excluding carboxylic acids is 1. The molecule has 0 aliphatic heterocycles. The molecule has 3 aromatic carbocycles. The van der Waals surface area contributed by atoms with Gasteiger partial charge >= 0.3 is 0 Å². The van der Waals surface area contributed by atoms with Crippen molar-refractivity contribution in [2.45, 2.75) is 0 Å². The minimum absolute atomic E-state index is 0.00317. The van der Waals surface area contributed by atoms with E-state index in [2.05, 4.69) is 15.2 Å². The molecule has 0 aliphatic rings. The van der Waals surface area contributed by atoms with Crippen LogP contribution in [0, 0.1) is 4.77 Å². The molecule has 1 N–H and O–H groups in total. The molecule has 0 radical (unpaired) electrons. The zero-order valence-corrected chi connectivity index (χ0v) is 19.1. The Kier molecular flexibility index (Phi) is 6.15. The van der Waals surface area contributed by atoms with Gasteiger partial charge in [0.25, 0.3) is 11.5 Å². The van der Waals surface area contributed by atoms with Crippen molar-refractivity contribution >= 4 is 29.0 Å². The molecule has 0 unspecified atom stereocenters. The summed E-state index contributed by atoms with van der Waals surface area (Å²) in [5.41, 5.74) is 1.53. The van der Waals surface area contributed by atoms with Gasteiger partial charge in [-0.25, -0.2) is 4.57 Å². The van der Waals surface area contributed by atoms with Crippen LogP contribution in [0.2, 0.25) is 0 Å². The summed E-state index contributed by atoms with van der Waals surface area (Å²) < 4.78 is 12.1. The van der Waals surface area contributed by atoms with Crippen molar-refractivity contribution in [1.82, 2.24) is 19.7 Å². The zero-order chi connectivity index (χ0) is 24.2. The summed E-state index contributed by atoms with van der Waals surface area (Å²) in [6.45, 7) is -0.421. The van der Waals surface area contributed by atoms with Gasteiger partial charge in [-0.15, -0.1) is 10.2 Å². The lowest BCUT2D eigenvalue weighted by Crippen LogP contribution is -2.32. The highest BCUT2D eigenvalue weighted by atomic mass is 32.1. The first kappa shape index (κ1) is 22.2. The maximum atomic E-state index is 12.7. The van der Waals surface area contributed by atoms with Gasteiger partial charge in [0.2, 0.25) is 5.88 Å². The SMILES string of the molecule is O=C(COc1ccc(-c2ccc(Oc3ccccc3)cc2)nn1)n1c(=S)[nH]c2ccccc2c1=O. The smallest absolute Gasteiger partial charge is 0.273 e. The van der Waals surface area contributed by atoms with Gasteiger partial charge in [-0.05, 0) is 66.8 Å². The molecule has 2 aromatic heterocycles. The highest BCUT2D eigenvalue weighted by Gasteiger charge is 2.14. The number of carbonyl (C=O) groups is 1. The van der Waals surface area contributed by atoms with Crippen molar-refractivity contribution in [2.24, 2.45) is 0 Å². The fourth-order valence-electron chi connectivity index (χ4n) is 3.46. The summed E-state index contributed by atoms with van der Waals surface area (Å²) in [6.07, 6.45) is 0. The predicted molar refractivity (Wildman–Crippen MR) is 133 cm³/mol. The standard InChI is InChI=1S/C26H18N4O4S/c31-24(30-25(32)20-8-4-5-9-22(20)27-26(30)35)16-33-23-15-14-21(28-29-23)17-10-12-19(13-11-17)34-18-6-2-1-3-7-18/h1-15H,16H2,(H,27,35). The summed E-state index contributed by atoms with van der Waals surface area (Å²) in [7, 11) is 0. The van der Waals surface area contributed by atoms with Crippen LogP contribution in [0.25, 0.3) is 22.2 Å². The Morgan fingerprint density at radius 2 is 1.57 bits per heavy atom. The molecule has 0 atom stereocenters. The summed E-state index contributed by atoms with van der Waals surface area (Å²) in [6, 6.07) is 27.1. The van der Waals surface area contributed by atoms with Crippen molar-refractivity contribution in [1.29, 1.82) is 0 Å². The van der Waals surface area contributed by atoms with E-state index < -0.39 is 18.1 Å². The molecule has 5 rings (SSSR count). The van der Waals surface area contributed by atoms with Crippen LogP contribution in [0.3, 0.4) is 0 Å². The second-order valence-electron chi connectivity index (χ2n) is 7.50. The minimum Gasteiger partial charge on any atom is -0.466 e. The van der Waals surface area contributed by atoms with Crippen molar-refractivity contribution in [3.63, 3.8) is 0 Å². The Labute approximate surface area is 204 Å². The number of nitrogens with one attached hydrogen (secondary N) is 1.